The van der Waals surface area contributed by atoms with Crippen LogP contribution in [0.4, 0.5) is 0 Å². The Labute approximate surface area is 395 Å². The Morgan fingerprint density at radius 1 is 0.687 bits per heavy atom. The molecule has 18 heteroatoms. The van der Waals surface area contributed by atoms with E-state index in [2.05, 4.69) is 47.6 Å². The number of hydrogen-bond acceptors (Lipinski definition) is 18. The molecule has 6 fully saturated rings. The van der Waals surface area contributed by atoms with Gasteiger partial charge in [0.25, 0.3) is 0 Å². The van der Waals surface area contributed by atoms with Gasteiger partial charge in [-0.05, 0) is 99.7 Å². The Morgan fingerprint density at radius 3 is 1.87 bits per heavy atom. The zero-order chi connectivity index (χ0) is 49.5. The number of fused-ring (bicyclic) bond motifs is 5. The fraction of sp³-hybridized carbons (Fsp3) is 0.959. The van der Waals surface area contributed by atoms with Crippen LogP contribution in [0.2, 0.25) is 0 Å². The lowest BCUT2D eigenvalue weighted by atomic mass is 9.38. The van der Waals surface area contributed by atoms with Gasteiger partial charge in [-0.1, -0.05) is 60.1 Å². The third-order valence-corrected chi connectivity index (χ3v) is 19.1. The predicted molar refractivity (Wildman–Crippen MR) is 238 cm³/mol. The van der Waals surface area contributed by atoms with E-state index in [1.165, 1.54) is 5.57 Å². The molecule has 0 aromatic carbocycles. The van der Waals surface area contributed by atoms with E-state index in [9.17, 15) is 61.3 Å². The van der Waals surface area contributed by atoms with Crippen LogP contribution in [0.5, 0.6) is 0 Å². The highest BCUT2D eigenvalue weighted by Crippen LogP contribution is 2.75. The van der Waals surface area contributed by atoms with Crippen LogP contribution in [-0.4, -0.2) is 191 Å². The van der Waals surface area contributed by atoms with E-state index in [-0.39, 0.29) is 34.5 Å². The van der Waals surface area contributed by atoms with E-state index < -0.39 is 146 Å². The van der Waals surface area contributed by atoms with Crippen LogP contribution in [0.3, 0.4) is 0 Å². The Hall–Kier alpha value is -0.980. The predicted octanol–water partition coefficient (Wildman–Crippen LogP) is 0.219. The average Bonchev–Trinajstić information content (AvgIpc) is 3.54. The Bertz CT molecular complexity index is 1710. The number of allylic oxidation sites excluding steroid dienone is 1. The van der Waals surface area contributed by atoms with Crippen molar-refractivity contribution in [1.82, 2.24) is 0 Å². The smallest absolute Gasteiger partial charge is 0.187 e. The third kappa shape index (κ3) is 9.15. The maximum absolute atomic E-state index is 12.6. The third-order valence-electron chi connectivity index (χ3n) is 19.1. The maximum Gasteiger partial charge on any atom is 0.187 e. The first-order chi connectivity index (χ1) is 31.2. The van der Waals surface area contributed by atoms with Gasteiger partial charge in [-0.25, -0.2) is 0 Å². The second-order valence-corrected chi connectivity index (χ2v) is 23.4. The lowest BCUT2D eigenvalue weighted by molar-refractivity contribution is -0.373. The van der Waals surface area contributed by atoms with E-state index in [4.69, 9.17) is 28.4 Å². The molecule has 0 bridgehead atoms. The van der Waals surface area contributed by atoms with Gasteiger partial charge in [0.15, 0.2) is 18.9 Å². The molecule has 0 amide bonds. The van der Waals surface area contributed by atoms with Gasteiger partial charge in [-0.3, -0.25) is 0 Å². The van der Waals surface area contributed by atoms with Gasteiger partial charge in [-0.2, -0.15) is 0 Å². The standard InChI is InChI=1S/C49H84O18/c1-22(10-14-33(46(5,6)61)66-44-41(38(58)36(56)29(21-52)64-44)67-43-39(59)34(54)23(2)27(19-50)62-43)24-16-17-47(7)30-13-11-25-26(49(30,9)31(53)18-48(24,47)8)12-15-32(45(25,3)4)65-42-40(60)37(57)35(55)28(20-51)63-42/h11,22-24,26-44,50-61H,10,12-21H2,1-9H3. The first kappa shape index (κ1) is 53.8. The number of ether oxygens (including phenoxy) is 6. The zero-order valence-electron chi connectivity index (χ0n) is 40.9. The average molecular weight is 961 g/mol. The van der Waals surface area contributed by atoms with E-state index in [0.29, 0.717) is 25.7 Å². The summed E-state index contributed by atoms with van der Waals surface area (Å²) in [6.07, 6.45) is -13.8. The molecule has 18 nitrogen and oxygen atoms in total. The quantitative estimate of drug-likeness (QED) is 0.104. The summed E-state index contributed by atoms with van der Waals surface area (Å²) in [4.78, 5) is 0. The van der Waals surface area contributed by atoms with Crippen LogP contribution in [0.25, 0.3) is 0 Å². The summed E-state index contributed by atoms with van der Waals surface area (Å²) in [5.74, 6) is -0.0980. The first-order valence-electron chi connectivity index (χ1n) is 24.9. The van der Waals surface area contributed by atoms with Crippen molar-refractivity contribution in [3.63, 3.8) is 0 Å². The van der Waals surface area contributed by atoms with Gasteiger partial charge in [0.2, 0.25) is 0 Å². The molecular formula is C49H84O18. The van der Waals surface area contributed by atoms with Crippen LogP contribution >= 0.6 is 0 Å². The molecule has 25 unspecified atom stereocenters. The summed E-state index contributed by atoms with van der Waals surface area (Å²) in [6.45, 7) is 16.5. The highest BCUT2D eigenvalue weighted by molar-refractivity contribution is 5.32. The van der Waals surface area contributed by atoms with Gasteiger partial charge in [0.1, 0.15) is 54.9 Å². The Balaban J connectivity index is 1.06. The molecule has 3 aliphatic heterocycles. The molecule has 4 aliphatic carbocycles. The van der Waals surface area contributed by atoms with Crippen molar-refractivity contribution in [3.8, 4) is 0 Å². The lowest BCUT2D eigenvalue weighted by Gasteiger charge is -2.67. The van der Waals surface area contributed by atoms with Crippen LogP contribution in [0.1, 0.15) is 114 Å². The molecule has 7 rings (SSSR count). The normalized spacial score (nSPS) is 51.0. The van der Waals surface area contributed by atoms with Crippen LogP contribution in [-0.2, 0) is 28.4 Å². The van der Waals surface area contributed by atoms with E-state index in [1.807, 2.05) is 0 Å². The highest BCUT2D eigenvalue weighted by Gasteiger charge is 2.70. The largest absolute Gasteiger partial charge is 0.394 e. The van der Waals surface area contributed by atoms with Crippen molar-refractivity contribution >= 4 is 0 Å². The summed E-state index contributed by atoms with van der Waals surface area (Å²) in [5, 5.41) is 129. The van der Waals surface area contributed by atoms with E-state index in [1.54, 1.807) is 20.8 Å². The zero-order valence-corrected chi connectivity index (χ0v) is 40.9. The fourth-order valence-corrected chi connectivity index (χ4v) is 14.4. The topological polar surface area (TPSA) is 298 Å². The summed E-state index contributed by atoms with van der Waals surface area (Å²) >= 11 is 0. The molecular weight excluding hydrogens is 877 g/mol. The number of hydrogen-bond donors (Lipinski definition) is 12. The summed E-state index contributed by atoms with van der Waals surface area (Å²) < 4.78 is 36.4. The van der Waals surface area contributed by atoms with Crippen molar-refractivity contribution < 1.29 is 89.7 Å². The molecule has 3 saturated carbocycles. The van der Waals surface area contributed by atoms with Crippen molar-refractivity contribution in [3.05, 3.63) is 11.6 Å². The first-order valence-corrected chi connectivity index (χ1v) is 24.9. The number of rotatable bonds is 14. The molecule has 0 aromatic rings. The molecule has 25 atom stereocenters. The minimum atomic E-state index is -1.70. The van der Waals surface area contributed by atoms with E-state index in [0.717, 1.165) is 25.7 Å². The van der Waals surface area contributed by atoms with Gasteiger partial charge >= 0.3 is 0 Å². The molecule has 7 aliphatic rings. The molecule has 0 radical (unpaired) electrons. The monoisotopic (exact) mass is 961 g/mol. The highest BCUT2D eigenvalue weighted by atomic mass is 16.8. The molecule has 12 N–H and O–H groups in total. The van der Waals surface area contributed by atoms with Gasteiger partial charge in [-0.15, -0.1) is 0 Å². The van der Waals surface area contributed by atoms with Gasteiger partial charge in [0, 0.05) is 16.7 Å². The second-order valence-electron chi connectivity index (χ2n) is 23.4. The van der Waals surface area contributed by atoms with Crippen molar-refractivity contribution in [2.24, 2.45) is 51.2 Å². The van der Waals surface area contributed by atoms with Gasteiger partial charge < -0.3 is 89.7 Å². The fourth-order valence-electron chi connectivity index (χ4n) is 14.4. The number of aliphatic hydroxyl groups excluding tert-OH is 11. The minimum Gasteiger partial charge on any atom is -0.394 e. The Morgan fingerprint density at radius 2 is 1.25 bits per heavy atom. The molecule has 388 valence electrons. The minimum absolute atomic E-state index is 0.0611. The van der Waals surface area contributed by atoms with Crippen LogP contribution < -0.4 is 0 Å². The SMILES string of the molecule is CC(CCC(OC1OC(CO)C(O)C(O)C1OC1OC(CO)C(C)C(O)C1O)C(C)(C)O)C1CCC2(C)C3CC=C4C(CCC(OC5OC(CO)C(O)C(O)C5O)C4(C)C)C3(C)C(O)CC12C. The van der Waals surface area contributed by atoms with E-state index >= 15 is 0 Å². The Kier molecular flexibility index (Phi) is 15.9. The van der Waals surface area contributed by atoms with Crippen LogP contribution in [0.15, 0.2) is 11.6 Å². The molecule has 3 heterocycles. The summed E-state index contributed by atoms with van der Waals surface area (Å²) in [7, 11) is 0. The van der Waals surface area contributed by atoms with Crippen molar-refractivity contribution in [2.75, 3.05) is 19.8 Å². The maximum atomic E-state index is 12.6. The summed E-state index contributed by atoms with van der Waals surface area (Å²) in [6, 6.07) is 0. The molecule has 0 aromatic heterocycles. The molecule has 0 spiro atoms. The van der Waals surface area contributed by atoms with Crippen molar-refractivity contribution in [1.29, 1.82) is 0 Å². The second kappa shape index (κ2) is 19.8. The van der Waals surface area contributed by atoms with Gasteiger partial charge in [0.05, 0.1) is 55.9 Å². The molecule has 67 heavy (non-hydrogen) atoms. The lowest BCUT2D eigenvalue weighted by Crippen LogP contribution is -2.65. The summed E-state index contributed by atoms with van der Waals surface area (Å²) in [5.41, 5.74) is -1.60. The van der Waals surface area contributed by atoms with Crippen LogP contribution in [0, 0.1) is 51.2 Å². The molecule has 3 saturated heterocycles. The number of aliphatic hydroxyl groups is 12. The van der Waals surface area contributed by atoms with Crippen molar-refractivity contribution in [2.45, 2.75) is 224 Å².